The Bertz CT molecular complexity index is 1180. The van der Waals surface area contributed by atoms with Crippen molar-refractivity contribution in [2.45, 2.75) is 0 Å². The second-order valence-electron chi connectivity index (χ2n) is 5.60. The maximum absolute atomic E-state index is 12.4. The summed E-state index contributed by atoms with van der Waals surface area (Å²) in [7, 11) is 0. The molecule has 0 unspecified atom stereocenters. The molecular weight excluding hydrogens is 332 g/mol. The number of nitrogen functional groups attached to an aromatic ring is 1. The highest BCUT2D eigenvalue weighted by Crippen LogP contribution is 2.28. The Labute approximate surface area is 147 Å². The van der Waals surface area contributed by atoms with Crippen LogP contribution in [0.2, 0.25) is 0 Å². The minimum absolute atomic E-state index is 0.304. The summed E-state index contributed by atoms with van der Waals surface area (Å²) in [6, 6.07) is 8.88. The van der Waals surface area contributed by atoms with Crippen LogP contribution in [0.4, 0.5) is 5.82 Å². The van der Waals surface area contributed by atoms with Crippen LogP contribution in [-0.4, -0.2) is 31.4 Å². The molecule has 0 fully saturated rings. The first-order chi connectivity index (χ1) is 12.5. The van der Waals surface area contributed by atoms with Gasteiger partial charge < -0.3 is 11.5 Å². The Hall–Kier alpha value is -4.01. The predicted octanol–water partition coefficient (Wildman–Crippen LogP) is 1.17. The summed E-state index contributed by atoms with van der Waals surface area (Å²) in [6.45, 7) is 0. The number of hydrogen-bond donors (Lipinski definition) is 4. The van der Waals surface area contributed by atoms with E-state index in [-0.39, 0.29) is 0 Å². The van der Waals surface area contributed by atoms with Crippen molar-refractivity contribution in [1.82, 2.24) is 24.8 Å². The fourth-order valence-electron chi connectivity index (χ4n) is 2.87. The molecule has 9 nitrogen and oxygen atoms in total. The lowest BCUT2D eigenvalue weighted by atomic mass is 10.2. The molecule has 0 aliphatic carbocycles. The topological polar surface area (TPSA) is 149 Å². The van der Waals surface area contributed by atoms with Crippen LogP contribution in [0.3, 0.4) is 0 Å². The molecule has 0 aromatic carbocycles. The molecule has 0 saturated carbocycles. The molecule has 0 aliphatic heterocycles. The maximum atomic E-state index is 12.4. The molecule has 0 aliphatic rings. The summed E-state index contributed by atoms with van der Waals surface area (Å²) < 4.78 is 1.76. The highest BCUT2D eigenvalue weighted by Gasteiger charge is 2.18. The minimum Gasteiger partial charge on any atom is -0.384 e. The molecule has 0 saturated heterocycles. The van der Waals surface area contributed by atoms with E-state index in [1.165, 1.54) is 0 Å². The number of fused-ring (bicyclic) bond motifs is 2. The second kappa shape index (κ2) is 5.81. The maximum Gasteiger partial charge on any atom is 0.260 e. The van der Waals surface area contributed by atoms with Crippen molar-refractivity contribution in [1.29, 1.82) is 5.41 Å². The number of hydrogen-bond acceptors (Lipinski definition) is 6. The van der Waals surface area contributed by atoms with Crippen molar-refractivity contribution in [3.8, 4) is 5.69 Å². The smallest absolute Gasteiger partial charge is 0.260 e. The molecule has 4 aromatic heterocycles. The molecule has 4 heterocycles. The van der Waals surface area contributed by atoms with Gasteiger partial charge in [-0.1, -0.05) is 0 Å². The zero-order chi connectivity index (χ0) is 18.3. The molecule has 1 amide bonds. The Kier molecular flexibility index (Phi) is 3.47. The SMILES string of the molecule is N=C(N)NC(=O)c1cn(-c2cc(N)nc3ncccc23)c2ncccc12. The third kappa shape index (κ3) is 2.47. The fraction of sp³-hybridized carbons (Fsp3) is 0. The number of carbonyl (C=O) groups excluding carboxylic acids is 1. The van der Waals surface area contributed by atoms with Crippen LogP contribution in [0.1, 0.15) is 10.4 Å². The third-order valence-corrected chi connectivity index (χ3v) is 3.90. The van der Waals surface area contributed by atoms with E-state index in [1.807, 2.05) is 6.07 Å². The van der Waals surface area contributed by atoms with E-state index in [4.69, 9.17) is 16.9 Å². The molecular formula is C17H14N8O. The van der Waals surface area contributed by atoms with Gasteiger partial charge in [-0.15, -0.1) is 0 Å². The third-order valence-electron chi connectivity index (χ3n) is 3.90. The number of amides is 1. The minimum atomic E-state index is -0.487. The first-order valence-corrected chi connectivity index (χ1v) is 7.67. The first kappa shape index (κ1) is 15.5. The summed E-state index contributed by atoms with van der Waals surface area (Å²) in [5.41, 5.74) is 13.3. The van der Waals surface area contributed by atoms with Crippen molar-refractivity contribution in [2.75, 3.05) is 5.73 Å². The van der Waals surface area contributed by atoms with Crippen LogP contribution >= 0.6 is 0 Å². The molecule has 0 spiro atoms. The van der Waals surface area contributed by atoms with Gasteiger partial charge in [-0.3, -0.25) is 20.1 Å². The van der Waals surface area contributed by atoms with E-state index in [2.05, 4.69) is 20.3 Å². The van der Waals surface area contributed by atoms with Gasteiger partial charge in [-0.25, -0.2) is 15.0 Å². The van der Waals surface area contributed by atoms with Gasteiger partial charge in [0.2, 0.25) is 0 Å². The van der Waals surface area contributed by atoms with E-state index < -0.39 is 11.9 Å². The van der Waals surface area contributed by atoms with Crippen LogP contribution in [0.5, 0.6) is 0 Å². The molecule has 0 bridgehead atoms. The highest BCUT2D eigenvalue weighted by atomic mass is 16.1. The molecule has 128 valence electrons. The quantitative estimate of drug-likeness (QED) is 0.316. The Morgan fingerprint density at radius 2 is 1.88 bits per heavy atom. The predicted molar refractivity (Wildman–Crippen MR) is 98.0 cm³/mol. The van der Waals surface area contributed by atoms with E-state index in [9.17, 15) is 4.79 Å². The zero-order valence-electron chi connectivity index (χ0n) is 13.5. The van der Waals surface area contributed by atoms with Crippen LogP contribution in [0.15, 0.2) is 48.9 Å². The van der Waals surface area contributed by atoms with Crippen molar-refractivity contribution in [3.63, 3.8) is 0 Å². The number of rotatable bonds is 2. The fourth-order valence-corrected chi connectivity index (χ4v) is 2.87. The van der Waals surface area contributed by atoms with Gasteiger partial charge >= 0.3 is 0 Å². The van der Waals surface area contributed by atoms with Crippen LogP contribution in [0.25, 0.3) is 27.8 Å². The number of carbonyl (C=O) groups is 1. The van der Waals surface area contributed by atoms with Crippen LogP contribution in [0, 0.1) is 5.41 Å². The van der Waals surface area contributed by atoms with Crippen molar-refractivity contribution in [3.05, 3.63) is 54.5 Å². The van der Waals surface area contributed by atoms with E-state index in [0.717, 1.165) is 5.39 Å². The lowest BCUT2D eigenvalue weighted by Gasteiger charge is -2.09. The molecule has 26 heavy (non-hydrogen) atoms. The van der Waals surface area contributed by atoms with Crippen molar-refractivity contribution < 1.29 is 4.79 Å². The van der Waals surface area contributed by atoms with Gasteiger partial charge in [0.15, 0.2) is 11.6 Å². The Morgan fingerprint density at radius 1 is 1.15 bits per heavy atom. The van der Waals surface area contributed by atoms with E-state index in [0.29, 0.717) is 33.7 Å². The van der Waals surface area contributed by atoms with Crippen molar-refractivity contribution >= 4 is 39.8 Å². The summed E-state index contributed by atoms with van der Waals surface area (Å²) in [5.74, 6) is -0.611. The molecule has 6 N–H and O–H groups in total. The molecule has 0 radical (unpaired) electrons. The largest absolute Gasteiger partial charge is 0.384 e. The van der Waals surface area contributed by atoms with E-state index in [1.54, 1.807) is 47.4 Å². The second-order valence-corrected chi connectivity index (χ2v) is 5.60. The number of nitrogens with zero attached hydrogens (tertiary/aromatic N) is 4. The lowest BCUT2D eigenvalue weighted by molar-refractivity contribution is 0.0978. The van der Waals surface area contributed by atoms with Crippen LogP contribution < -0.4 is 16.8 Å². The zero-order valence-corrected chi connectivity index (χ0v) is 13.5. The lowest BCUT2D eigenvalue weighted by Crippen LogP contribution is -2.35. The van der Waals surface area contributed by atoms with Gasteiger partial charge in [-0.2, -0.15) is 0 Å². The summed E-state index contributed by atoms with van der Waals surface area (Å²) in [6.07, 6.45) is 4.91. The highest BCUT2D eigenvalue weighted by molar-refractivity contribution is 6.12. The Morgan fingerprint density at radius 3 is 2.65 bits per heavy atom. The molecule has 0 atom stereocenters. The van der Waals surface area contributed by atoms with Gasteiger partial charge in [0.1, 0.15) is 11.5 Å². The van der Waals surface area contributed by atoms with E-state index >= 15 is 0 Å². The average molecular weight is 346 g/mol. The number of guanidine groups is 1. The number of nitrogens with one attached hydrogen (secondary N) is 2. The van der Waals surface area contributed by atoms with Gasteiger partial charge in [0, 0.05) is 35.4 Å². The summed E-state index contributed by atoms with van der Waals surface area (Å²) in [5, 5.41) is 11.0. The monoisotopic (exact) mass is 346 g/mol. The average Bonchev–Trinajstić information content (AvgIpc) is 3.00. The molecule has 4 rings (SSSR count). The number of anilines is 1. The normalized spacial score (nSPS) is 10.9. The summed E-state index contributed by atoms with van der Waals surface area (Å²) in [4.78, 5) is 25.3. The van der Waals surface area contributed by atoms with Gasteiger partial charge in [0.05, 0.1) is 11.3 Å². The number of pyridine rings is 3. The van der Waals surface area contributed by atoms with Gasteiger partial charge in [0.25, 0.3) is 5.91 Å². The Balaban J connectivity index is 2.02. The summed E-state index contributed by atoms with van der Waals surface area (Å²) >= 11 is 0. The van der Waals surface area contributed by atoms with Crippen LogP contribution in [-0.2, 0) is 0 Å². The van der Waals surface area contributed by atoms with Crippen molar-refractivity contribution in [2.24, 2.45) is 5.73 Å². The number of nitrogens with two attached hydrogens (primary N) is 2. The van der Waals surface area contributed by atoms with Gasteiger partial charge in [-0.05, 0) is 24.3 Å². The number of aromatic nitrogens is 4. The molecule has 9 heteroatoms. The standard InChI is InChI=1S/C17H14N8O/c18-13-7-12(10-4-2-5-21-14(10)23-13)25-8-11(16(26)24-17(19)20)9-3-1-6-22-15(9)25/h1-8H,(H2,18,21,23)(H4,19,20,24,26). The first-order valence-electron chi connectivity index (χ1n) is 7.67. The molecule has 4 aromatic rings.